The molecular formula is C16H6N6O5. The average Bonchev–Trinajstić information content (AvgIpc) is 3.04. The molecule has 130 valence electrons. The van der Waals surface area contributed by atoms with Crippen molar-refractivity contribution in [2.24, 2.45) is 4.99 Å². The lowest BCUT2D eigenvalue weighted by molar-refractivity contribution is 0.806. The summed E-state index contributed by atoms with van der Waals surface area (Å²) in [5.74, 6) is 0.278. The second-order valence-corrected chi connectivity index (χ2v) is 5.99. The largest absolute Gasteiger partial charge is 0.346 e. The molecule has 11 nitrogen and oxygen atoms in total. The molecule has 27 heavy (non-hydrogen) atoms. The molecule has 4 heterocycles. The summed E-state index contributed by atoms with van der Waals surface area (Å²) in [7, 11) is 0. The van der Waals surface area contributed by atoms with Gasteiger partial charge in [0.2, 0.25) is 5.43 Å². The number of aromatic nitrogens is 4. The highest BCUT2D eigenvalue weighted by molar-refractivity contribution is 5.97. The van der Waals surface area contributed by atoms with Gasteiger partial charge in [-0.25, -0.2) is 24.7 Å². The molecule has 0 bridgehead atoms. The van der Waals surface area contributed by atoms with Gasteiger partial charge in [0.15, 0.2) is 5.82 Å². The van der Waals surface area contributed by atoms with Crippen molar-refractivity contribution in [1.82, 2.24) is 19.9 Å². The highest BCUT2D eigenvalue weighted by atomic mass is 16.2. The van der Waals surface area contributed by atoms with Crippen molar-refractivity contribution < 1.29 is 0 Å². The number of nitrogens with one attached hydrogen (secondary N) is 2. The number of fused-ring (bicyclic) bond motifs is 6. The van der Waals surface area contributed by atoms with Gasteiger partial charge in [0.05, 0.1) is 11.0 Å². The van der Waals surface area contributed by atoms with E-state index in [2.05, 4.69) is 30.2 Å². The molecule has 0 amide bonds. The van der Waals surface area contributed by atoms with E-state index in [0.29, 0.717) is 5.56 Å². The van der Waals surface area contributed by atoms with Crippen LogP contribution in [0.1, 0.15) is 16.7 Å². The van der Waals surface area contributed by atoms with Gasteiger partial charge in [-0.3, -0.25) is 24.2 Å². The first kappa shape index (κ1) is 15.1. The predicted octanol–water partition coefficient (Wildman–Crippen LogP) is -2.02. The average molecular weight is 362 g/mol. The van der Waals surface area contributed by atoms with Gasteiger partial charge in [0.25, 0.3) is 16.3 Å². The van der Waals surface area contributed by atoms with E-state index in [1.54, 1.807) is 0 Å². The molecule has 3 aromatic rings. The molecule has 2 N–H and O–H groups in total. The van der Waals surface area contributed by atoms with Gasteiger partial charge < -0.3 is 5.32 Å². The van der Waals surface area contributed by atoms with Crippen LogP contribution in [0.25, 0.3) is 0 Å². The van der Waals surface area contributed by atoms with Gasteiger partial charge in [-0.1, -0.05) is 0 Å². The van der Waals surface area contributed by atoms with Crippen LogP contribution in [0.15, 0.2) is 47.7 Å². The van der Waals surface area contributed by atoms with Crippen LogP contribution in [0.2, 0.25) is 0 Å². The normalized spacial score (nSPS) is 18.7. The van der Waals surface area contributed by atoms with E-state index in [0.717, 1.165) is 0 Å². The SMILES string of the molecule is O=c1ncc2c([nH]1)Nc1c(c(=O)c(=O)c(=O)c1=O)C21C=Nc2ncncc21. The quantitative estimate of drug-likeness (QED) is 0.430. The molecule has 1 aromatic carbocycles. The molecular weight excluding hydrogens is 356 g/mol. The smallest absolute Gasteiger partial charge is 0.338 e. The van der Waals surface area contributed by atoms with Crippen molar-refractivity contribution >= 4 is 23.5 Å². The molecule has 1 atom stereocenters. The fourth-order valence-electron chi connectivity index (χ4n) is 3.55. The van der Waals surface area contributed by atoms with Gasteiger partial charge in [-0.05, 0) is 0 Å². The summed E-state index contributed by atoms with van der Waals surface area (Å²) in [5, 5.41) is 2.59. The summed E-state index contributed by atoms with van der Waals surface area (Å²) < 4.78 is 0. The molecule has 0 saturated carbocycles. The minimum atomic E-state index is -1.53. The second-order valence-electron chi connectivity index (χ2n) is 5.99. The van der Waals surface area contributed by atoms with Crippen molar-refractivity contribution in [3.05, 3.63) is 86.8 Å². The molecule has 5 rings (SSSR count). The van der Waals surface area contributed by atoms with Crippen molar-refractivity contribution in [3.8, 4) is 0 Å². The Bertz CT molecular complexity index is 1470. The van der Waals surface area contributed by atoms with E-state index in [1.165, 1.54) is 24.9 Å². The molecule has 0 fully saturated rings. The van der Waals surface area contributed by atoms with Crippen molar-refractivity contribution in [2.45, 2.75) is 5.41 Å². The highest BCUT2D eigenvalue weighted by Crippen LogP contribution is 2.49. The highest BCUT2D eigenvalue weighted by Gasteiger charge is 2.50. The second kappa shape index (κ2) is 4.72. The monoisotopic (exact) mass is 362 g/mol. The van der Waals surface area contributed by atoms with Crippen LogP contribution in [0.4, 0.5) is 17.3 Å². The van der Waals surface area contributed by atoms with Crippen LogP contribution in [0.5, 0.6) is 0 Å². The molecule has 2 aliphatic rings. The number of benzene rings is 1. The van der Waals surface area contributed by atoms with E-state index < -0.39 is 32.8 Å². The zero-order valence-corrected chi connectivity index (χ0v) is 13.1. The maximum Gasteiger partial charge on any atom is 0.346 e. The molecule has 1 spiro atoms. The first-order valence-corrected chi connectivity index (χ1v) is 7.60. The Morgan fingerprint density at radius 3 is 2.44 bits per heavy atom. The van der Waals surface area contributed by atoms with Crippen LogP contribution in [0, 0.1) is 0 Å². The Labute approximate surface area is 146 Å². The summed E-state index contributed by atoms with van der Waals surface area (Å²) in [6, 6.07) is 0. The van der Waals surface area contributed by atoms with Crippen LogP contribution in [-0.2, 0) is 5.41 Å². The summed E-state index contributed by atoms with van der Waals surface area (Å²) in [6.45, 7) is 0. The lowest BCUT2D eigenvalue weighted by Crippen LogP contribution is -2.54. The van der Waals surface area contributed by atoms with Crippen molar-refractivity contribution in [1.29, 1.82) is 0 Å². The fraction of sp³-hybridized carbons (Fsp3) is 0.0625. The van der Waals surface area contributed by atoms with Crippen LogP contribution >= 0.6 is 0 Å². The van der Waals surface area contributed by atoms with Crippen LogP contribution in [-0.4, -0.2) is 26.2 Å². The topological polar surface area (TPSA) is 164 Å². The third kappa shape index (κ3) is 1.67. The number of H-pyrrole nitrogens is 1. The fourth-order valence-corrected chi connectivity index (χ4v) is 3.55. The van der Waals surface area contributed by atoms with E-state index in [4.69, 9.17) is 0 Å². The Morgan fingerprint density at radius 2 is 1.63 bits per heavy atom. The zero-order valence-electron chi connectivity index (χ0n) is 13.1. The third-order valence-electron chi connectivity index (χ3n) is 4.70. The first-order valence-electron chi connectivity index (χ1n) is 7.60. The number of hydrogen-bond donors (Lipinski definition) is 2. The first-order chi connectivity index (χ1) is 12.9. The lowest BCUT2D eigenvalue weighted by Gasteiger charge is -2.34. The third-order valence-corrected chi connectivity index (χ3v) is 4.70. The Kier molecular flexibility index (Phi) is 2.65. The van der Waals surface area contributed by atoms with E-state index in [1.807, 2.05) is 0 Å². The Morgan fingerprint density at radius 1 is 0.852 bits per heavy atom. The minimum absolute atomic E-state index is 0.0557. The van der Waals surface area contributed by atoms with Crippen molar-refractivity contribution in [2.75, 3.05) is 5.32 Å². The summed E-state index contributed by atoms with van der Waals surface area (Å²) in [6.07, 6.45) is 5.17. The molecule has 0 saturated heterocycles. The number of hydrogen-bond acceptors (Lipinski definition) is 10. The number of anilines is 2. The lowest BCUT2D eigenvalue weighted by atomic mass is 9.70. The van der Waals surface area contributed by atoms with Crippen LogP contribution in [0.3, 0.4) is 0 Å². The Balaban J connectivity index is 2.06. The van der Waals surface area contributed by atoms with Crippen LogP contribution < -0.4 is 32.7 Å². The molecule has 11 heteroatoms. The number of nitrogens with zero attached hydrogens (tertiary/aromatic N) is 4. The van der Waals surface area contributed by atoms with Gasteiger partial charge in [0.1, 0.15) is 17.8 Å². The van der Waals surface area contributed by atoms with E-state index in [-0.39, 0.29) is 28.5 Å². The number of aliphatic imine (C=N–C) groups is 1. The number of aromatic amines is 1. The minimum Gasteiger partial charge on any atom is -0.338 e. The predicted molar refractivity (Wildman–Crippen MR) is 92.1 cm³/mol. The summed E-state index contributed by atoms with van der Waals surface area (Å²) >= 11 is 0. The maximum atomic E-state index is 12.7. The molecule has 0 radical (unpaired) electrons. The van der Waals surface area contributed by atoms with Gasteiger partial charge in [-0.15, -0.1) is 0 Å². The van der Waals surface area contributed by atoms with E-state index in [9.17, 15) is 24.0 Å². The van der Waals surface area contributed by atoms with E-state index >= 15 is 0 Å². The Hall–Kier alpha value is -4.15. The number of rotatable bonds is 0. The maximum absolute atomic E-state index is 12.7. The van der Waals surface area contributed by atoms with Gasteiger partial charge >= 0.3 is 5.69 Å². The summed E-state index contributed by atoms with van der Waals surface area (Å²) in [4.78, 5) is 79.0. The summed E-state index contributed by atoms with van der Waals surface area (Å²) in [5.41, 5.74) is -7.50. The molecule has 2 aromatic heterocycles. The zero-order chi connectivity index (χ0) is 18.9. The molecule has 1 unspecified atom stereocenters. The standard InChI is InChI=1S/C16H6N6O5/c23-9-7-8(10(24)12(26)11(9)25)21-14-6(2-18-15(27)22-14)16(7)3-19-13-5(16)1-17-4-20-13/h1-4H,(H2,18,21,22,27). The van der Waals surface area contributed by atoms with Gasteiger partial charge in [-0.2, -0.15) is 0 Å². The van der Waals surface area contributed by atoms with Crippen molar-refractivity contribution in [3.63, 3.8) is 0 Å². The molecule has 2 aliphatic heterocycles. The molecule has 0 aliphatic carbocycles. The van der Waals surface area contributed by atoms with Gasteiger partial charge in [0, 0.05) is 29.7 Å².